The second kappa shape index (κ2) is 7.41. The van der Waals surface area contributed by atoms with E-state index >= 15 is 0 Å². The monoisotopic (exact) mass is 277 g/mol. The third kappa shape index (κ3) is 4.05. The number of benzene rings is 1. The molecule has 0 radical (unpaired) electrons. The summed E-state index contributed by atoms with van der Waals surface area (Å²) < 4.78 is 11.5. The average molecular weight is 277 g/mol. The van der Waals surface area contributed by atoms with Crippen molar-refractivity contribution in [1.82, 2.24) is 0 Å². The van der Waals surface area contributed by atoms with E-state index in [2.05, 4.69) is 6.92 Å². The van der Waals surface area contributed by atoms with Gasteiger partial charge in [0, 0.05) is 17.0 Å². The van der Waals surface area contributed by atoms with Gasteiger partial charge in [0.15, 0.2) is 6.29 Å². The van der Waals surface area contributed by atoms with Crippen LogP contribution < -0.4 is 5.73 Å². The number of carbonyl (C=O) groups excluding carboxylic acids is 1. The fourth-order valence-electron chi connectivity index (χ4n) is 2.39. The molecule has 0 saturated carbocycles. The van der Waals surface area contributed by atoms with Crippen molar-refractivity contribution in [1.29, 1.82) is 0 Å². The van der Waals surface area contributed by atoms with E-state index in [1.54, 1.807) is 12.1 Å². The first kappa shape index (κ1) is 15.0. The van der Waals surface area contributed by atoms with Crippen molar-refractivity contribution in [3.8, 4) is 0 Å². The summed E-state index contributed by atoms with van der Waals surface area (Å²) in [6.45, 7) is 3.69. The van der Waals surface area contributed by atoms with E-state index in [9.17, 15) is 4.79 Å². The van der Waals surface area contributed by atoms with Crippen LogP contribution >= 0.6 is 0 Å². The highest BCUT2D eigenvalue weighted by Gasteiger charge is 2.23. The third-order valence-corrected chi connectivity index (χ3v) is 3.65. The van der Waals surface area contributed by atoms with E-state index < -0.39 is 5.91 Å². The maximum atomic E-state index is 11.0. The molecule has 0 atom stereocenters. The Balaban J connectivity index is 1.82. The molecule has 2 N–H and O–H groups in total. The second-order valence-electron chi connectivity index (χ2n) is 5.35. The highest BCUT2D eigenvalue weighted by molar-refractivity contribution is 5.92. The van der Waals surface area contributed by atoms with Crippen molar-refractivity contribution in [2.45, 2.75) is 38.9 Å². The van der Waals surface area contributed by atoms with E-state index in [4.69, 9.17) is 15.2 Å². The van der Waals surface area contributed by atoms with Crippen molar-refractivity contribution < 1.29 is 14.3 Å². The van der Waals surface area contributed by atoms with Crippen LogP contribution in [0.15, 0.2) is 24.3 Å². The number of carbonyl (C=O) groups is 1. The van der Waals surface area contributed by atoms with Gasteiger partial charge in [0.1, 0.15) is 0 Å². The normalized spacial score (nSPS) is 22.6. The minimum Gasteiger partial charge on any atom is -0.366 e. The first-order valence-electron chi connectivity index (χ1n) is 7.33. The molecule has 0 spiro atoms. The molecule has 4 nitrogen and oxygen atoms in total. The Bertz CT molecular complexity index is 422. The van der Waals surface area contributed by atoms with E-state index in [0.717, 1.165) is 18.8 Å². The first-order valence-corrected chi connectivity index (χ1v) is 7.33. The summed E-state index contributed by atoms with van der Waals surface area (Å²) in [4.78, 5) is 11.0. The molecule has 1 heterocycles. The summed E-state index contributed by atoms with van der Waals surface area (Å²) >= 11 is 0. The van der Waals surface area contributed by atoms with Gasteiger partial charge in [-0.05, 0) is 18.6 Å². The van der Waals surface area contributed by atoms with E-state index in [0.29, 0.717) is 11.5 Å². The van der Waals surface area contributed by atoms with Gasteiger partial charge in [0.25, 0.3) is 0 Å². The van der Waals surface area contributed by atoms with Crippen LogP contribution in [0.3, 0.4) is 0 Å². The zero-order valence-electron chi connectivity index (χ0n) is 12.0. The van der Waals surface area contributed by atoms with Gasteiger partial charge in [-0.15, -0.1) is 0 Å². The molecule has 1 amide bonds. The Morgan fingerprint density at radius 3 is 2.40 bits per heavy atom. The van der Waals surface area contributed by atoms with Gasteiger partial charge >= 0.3 is 0 Å². The van der Waals surface area contributed by atoms with Gasteiger partial charge in [-0.1, -0.05) is 38.3 Å². The molecule has 110 valence electrons. The average Bonchev–Trinajstić information content (AvgIpc) is 2.48. The van der Waals surface area contributed by atoms with Crippen LogP contribution in [-0.2, 0) is 9.47 Å². The molecule has 0 aliphatic carbocycles. The van der Waals surface area contributed by atoms with Crippen molar-refractivity contribution >= 4 is 5.91 Å². The molecule has 0 bridgehead atoms. The van der Waals surface area contributed by atoms with Gasteiger partial charge < -0.3 is 15.2 Å². The van der Waals surface area contributed by atoms with Crippen molar-refractivity contribution in [2.24, 2.45) is 11.7 Å². The molecule has 1 saturated heterocycles. The molecule has 1 aromatic rings. The third-order valence-electron chi connectivity index (χ3n) is 3.65. The highest BCUT2D eigenvalue weighted by atomic mass is 16.7. The molecule has 4 heteroatoms. The van der Waals surface area contributed by atoms with Crippen LogP contribution in [0.5, 0.6) is 0 Å². The number of hydrogen-bond acceptors (Lipinski definition) is 3. The standard InChI is InChI=1S/C16H23NO3/c1-2-3-4-5-12-10-19-16(20-11-12)14-8-6-13(7-9-14)15(17)18/h6-9,12,16H,2-5,10-11H2,1H3,(H2,17,18)/t12-,16-. The summed E-state index contributed by atoms with van der Waals surface area (Å²) in [6, 6.07) is 7.08. The Kier molecular flexibility index (Phi) is 5.56. The minimum atomic E-state index is -0.419. The molecule has 0 unspecified atom stereocenters. The van der Waals surface area contributed by atoms with E-state index in [-0.39, 0.29) is 6.29 Å². The maximum absolute atomic E-state index is 11.0. The predicted octanol–water partition coefficient (Wildman–Crippen LogP) is 3.03. The van der Waals surface area contributed by atoms with Crippen molar-refractivity contribution in [2.75, 3.05) is 13.2 Å². The Labute approximate surface area is 120 Å². The molecule has 1 aliphatic heterocycles. The van der Waals surface area contributed by atoms with Gasteiger partial charge in [-0.2, -0.15) is 0 Å². The zero-order valence-corrected chi connectivity index (χ0v) is 12.0. The van der Waals surface area contributed by atoms with Crippen LogP contribution in [0, 0.1) is 5.92 Å². The molecule has 1 aliphatic rings. The van der Waals surface area contributed by atoms with Crippen LogP contribution in [0.4, 0.5) is 0 Å². The quantitative estimate of drug-likeness (QED) is 0.813. The lowest BCUT2D eigenvalue weighted by molar-refractivity contribution is -0.206. The van der Waals surface area contributed by atoms with Gasteiger partial charge in [0.2, 0.25) is 5.91 Å². The zero-order chi connectivity index (χ0) is 14.4. The lowest BCUT2D eigenvalue weighted by Gasteiger charge is -2.29. The van der Waals surface area contributed by atoms with Gasteiger partial charge in [0.05, 0.1) is 13.2 Å². The molecule has 2 rings (SSSR count). The Morgan fingerprint density at radius 1 is 1.20 bits per heavy atom. The molecule has 0 aromatic heterocycles. The number of nitrogens with two attached hydrogens (primary N) is 1. The van der Waals surface area contributed by atoms with E-state index in [1.165, 1.54) is 25.7 Å². The summed E-state index contributed by atoms with van der Waals surface area (Å²) in [5, 5.41) is 0. The van der Waals surface area contributed by atoms with E-state index in [1.807, 2.05) is 12.1 Å². The topological polar surface area (TPSA) is 61.5 Å². The molecule has 1 aromatic carbocycles. The number of unbranched alkanes of at least 4 members (excludes halogenated alkanes) is 2. The summed E-state index contributed by atoms with van der Waals surface area (Å²) in [7, 11) is 0. The molecular formula is C16H23NO3. The number of ether oxygens (including phenoxy) is 2. The van der Waals surface area contributed by atoms with Crippen molar-refractivity contribution in [3.63, 3.8) is 0 Å². The van der Waals surface area contributed by atoms with Crippen LogP contribution in [-0.4, -0.2) is 19.1 Å². The molecule has 1 fully saturated rings. The minimum absolute atomic E-state index is 0.320. The number of amides is 1. The van der Waals surface area contributed by atoms with Crippen molar-refractivity contribution in [3.05, 3.63) is 35.4 Å². The molecule has 20 heavy (non-hydrogen) atoms. The fourth-order valence-corrected chi connectivity index (χ4v) is 2.39. The summed E-state index contributed by atoms with van der Waals surface area (Å²) in [5.74, 6) is 0.0840. The predicted molar refractivity (Wildman–Crippen MR) is 77.2 cm³/mol. The SMILES string of the molecule is CCCCC[C@H]1CO[C@H](c2ccc(C(N)=O)cc2)OC1. The molecular weight excluding hydrogens is 254 g/mol. The number of hydrogen-bond donors (Lipinski definition) is 1. The van der Waals surface area contributed by atoms with Crippen LogP contribution in [0.1, 0.15) is 54.8 Å². The van der Waals surface area contributed by atoms with Gasteiger partial charge in [-0.25, -0.2) is 0 Å². The maximum Gasteiger partial charge on any atom is 0.248 e. The number of rotatable bonds is 6. The lowest BCUT2D eigenvalue weighted by atomic mass is 10.0. The smallest absolute Gasteiger partial charge is 0.248 e. The number of primary amides is 1. The largest absolute Gasteiger partial charge is 0.366 e. The Hall–Kier alpha value is -1.39. The van der Waals surface area contributed by atoms with Gasteiger partial charge in [-0.3, -0.25) is 4.79 Å². The Morgan fingerprint density at radius 2 is 1.85 bits per heavy atom. The fraction of sp³-hybridized carbons (Fsp3) is 0.562. The van der Waals surface area contributed by atoms with Crippen LogP contribution in [0.25, 0.3) is 0 Å². The second-order valence-corrected chi connectivity index (χ2v) is 5.35. The first-order chi connectivity index (χ1) is 9.70. The highest BCUT2D eigenvalue weighted by Crippen LogP contribution is 2.27. The summed E-state index contributed by atoms with van der Waals surface area (Å²) in [6.07, 6.45) is 4.60. The van der Waals surface area contributed by atoms with Crippen LogP contribution in [0.2, 0.25) is 0 Å². The lowest BCUT2D eigenvalue weighted by Crippen LogP contribution is -2.27. The summed E-state index contributed by atoms with van der Waals surface area (Å²) in [5.41, 5.74) is 6.65.